The molecule has 0 saturated carbocycles. The van der Waals surface area contributed by atoms with Gasteiger partial charge in [0.15, 0.2) is 0 Å². The smallest absolute Gasteiger partial charge is 0.260 e. The maximum absolute atomic E-state index is 7.05. The predicted molar refractivity (Wildman–Crippen MR) is 230 cm³/mol. The lowest BCUT2D eigenvalue weighted by atomic mass is 9.34. The van der Waals surface area contributed by atoms with Crippen molar-refractivity contribution < 1.29 is 9.47 Å². The zero-order chi connectivity index (χ0) is 36.6. The lowest BCUT2D eigenvalue weighted by Crippen LogP contribution is -2.57. The molecule has 0 atom stereocenters. The molecule has 0 aromatic heterocycles. The summed E-state index contributed by atoms with van der Waals surface area (Å²) in [5.74, 6) is 3.43. The number of hydrogen-bond donors (Lipinski definition) is 0. The van der Waals surface area contributed by atoms with Gasteiger partial charge in [-0.3, -0.25) is 0 Å². The first kappa shape index (κ1) is 31.7. The average molecular weight is 703 g/mol. The van der Waals surface area contributed by atoms with Crippen LogP contribution in [0.1, 0.15) is 11.1 Å². The molecule has 0 unspecified atom stereocenters. The van der Waals surface area contributed by atoms with E-state index in [-0.39, 0.29) is 6.71 Å². The topological polar surface area (TPSA) is 18.5 Å². The van der Waals surface area contributed by atoms with Gasteiger partial charge in [0, 0.05) is 5.46 Å². The second kappa shape index (κ2) is 12.4. The largest absolute Gasteiger partial charge is 0.458 e. The molecule has 0 N–H and O–H groups in total. The molecule has 0 fully saturated rings. The first-order chi connectivity index (χ1) is 27.1. The molecule has 0 amide bonds. The molecule has 2 nitrogen and oxygen atoms in total. The van der Waals surface area contributed by atoms with Gasteiger partial charge in [0.25, 0.3) is 6.71 Å². The third kappa shape index (κ3) is 4.97. The van der Waals surface area contributed by atoms with E-state index >= 15 is 0 Å². The van der Waals surface area contributed by atoms with Crippen LogP contribution in [-0.2, 0) is 0 Å². The first-order valence-electron chi connectivity index (χ1n) is 19.0. The summed E-state index contributed by atoms with van der Waals surface area (Å²) in [4.78, 5) is 0. The fraction of sp³-hybridized carbons (Fsp3) is 0.0385. The Morgan fingerprint density at radius 2 is 0.745 bits per heavy atom. The highest BCUT2D eigenvalue weighted by Crippen LogP contribution is 2.47. The quantitative estimate of drug-likeness (QED) is 0.134. The summed E-state index contributed by atoms with van der Waals surface area (Å²) in [6.07, 6.45) is 0. The minimum absolute atomic E-state index is 0.0441. The fourth-order valence-corrected chi connectivity index (χ4v) is 9.12. The van der Waals surface area contributed by atoms with Crippen molar-refractivity contribution in [2.24, 2.45) is 0 Å². The van der Waals surface area contributed by atoms with Gasteiger partial charge < -0.3 is 9.47 Å². The van der Waals surface area contributed by atoms with Gasteiger partial charge in [0.1, 0.15) is 23.0 Å². The van der Waals surface area contributed by atoms with Crippen LogP contribution >= 0.6 is 0 Å². The molecular formula is C52H35BO2. The number of ether oxygens (including phenoxy) is 2. The molecule has 11 rings (SSSR count). The van der Waals surface area contributed by atoms with Crippen molar-refractivity contribution in [1.82, 2.24) is 0 Å². The molecule has 55 heavy (non-hydrogen) atoms. The zero-order valence-corrected chi connectivity index (χ0v) is 30.6. The van der Waals surface area contributed by atoms with E-state index in [0.717, 1.165) is 56.1 Å². The summed E-state index contributed by atoms with van der Waals surface area (Å²) in [6, 6.07) is 63.4. The lowest BCUT2D eigenvalue weighted by molar-refractivity contribution is 0.465. The maximum Gasteiger partial charge on any atom is 0.260 e. The SMILES string of the molecule is Cc1ccccc1-c1ccc2c(c1)Oc1cc(-c3c4ccccc4c(-c4ccccc4)c4ccccc34)cc3c1B2c1ccc(-c2ccccc2C)cc1O3. The van der Waals surface area contributed by atoms with Crippen molar-refractivity contribution in [3.63, 3.8) is 0 Å². The molecule has 0 radical (unpaired) electrons. The third-order valence-electron chi connectivity index (χ3n) is 11.7. The highest BCUT2D eigenvalue weighted by atomic mass is 16.5. The zero-order valence-electron chi connectivity index (χ0n) is 30.6. The highest BCUT2D eigenvalue weighted by molar-refractivity contribution is 6.98. The summed E-state index contributed by atoms with van der Waals surface area (Å²) < 4.78 is 14.1. The molecule has 9 aromatic rings. The summed E-state index contributed by atoms with van der Waals surface area (Å²) >= 11 is 0. The summed E-state index contributed by atoms with van der Waals surface area (Å²) in [5.41, 5.74) is 15.2. The molecule has 9 aromatic carbocycles. The van der Waals surface area contributed by atoms with Crippen molar-refractivity contribution >= 4 is 44.6 Å². The van der Waals surface area contributed by atoms with Crippen LogP contribution in [0.25, 0.3) is 66.1 Å². The van der Waals surface area contributed by atoms with Gasteiger partial charge in [-0.05, 0) is 126 Å². The molecule has 2 heterocycles. The molecule has 0 spiro atoms. The van der Waals surface area contributed by atoms with E-state index in [1.54, 1.807) is 0 Å². The Labute approximate surface area is 321 Å². The summed E-state index contributed by atoms with van der Waals surface area (Å²) in [7, 11) is 0. The lowest BCUT2D eigenvalue weighted by Gasteiger charge is -2.34. The Morgan fingerprint density at radius 1 is 0.345 bits per heavy atom. The second-order valence-electron chi connectivity index (χ2n) is 14.9. The predicted octanol–water partition coefficient (Wildman–Crippen LogP) is 12.0. The van der Waals surface area contributed by atoms with Crippen LogP contribution < -0.4 is 25.9 Å². The molecule has 2 aliphatic rings. The van der Waals surface area contributed by atoms with E-state index in [4.69, 9.17) is 9.47 Å². The third-order valence-corrected chi connectivity index (χ3v) is 11.7. The van der Waals surface area contributed by atoms with E-state index in [0.29, 0.717) is 0 Å². The van der Waals surface area contributed by atoms with Crippen LogP contribution in [0.4, 0.5) is 0 Å². The van der Waals surface area contributed by atoms with Crippen LogP contribution in [0, 0.1) is 13.8 Å². The Morgan fingerprint density at radius 3 is 1.22 bits per heavy atom. The minimum atomic E-state index is -0.0441. The molecule has 3 heteroatoms. The van der Waals surface area contributed by atoms with Crippen LogP contribution in [0.3, 0.4) is 0 Å². The van der Waals surface area contributed by atoms with E-state index < -0.39 is 0 Å². The number of hydrogen-bond acceptors (Lipinski definition) is 2. The van der Waals surface area contributed by atoms with Crippen molar-refractivity contribution in [2.75, 3.05) is 0 Å². The van der Waals surface area contributed by atoms with Crippen molar-refractivity contribution in [2.45, 2.75) is 13.8 Å². The van der Waals surface area contributed by atoms with Gasteiger partial charge in [-0.2, -0.15) is 0 Å². The minimum Gasteiger partial charge on any atom is -0.458 e. The van der Waals surface area contributed by atoms with Gasteiger partial charge in [0.2, 0.25) is 0 Å². The monoisotopic (exact) mass is 702 g/mol. The van der Waals surface area contributed by atoms with Gasteiger partial charge in [-0.25, -0.2) is 0 Å². The second-order valence-corrected chi connectivity index (χ2v) is 14.9. The Kier molecular flexibility index (Phi) is 7.12. The summed E-state index contributed by atoms with van der Waals surface area (Å²) in [6.45, 7) is 4.29. The van der Waals surface area contributed by atoms with Crippen molar-refractivity contribution in [3.8, 4) is 67.5 Å². The maximum atomic E-state index is 7.05. The Hall–Kier alpha value is -6.84. The van der Waals surface area contributed by atoms with E-state index in [2.05, 4.69) is 190 Å². The molecule has 258 valence electrons. The van der Waals surface area contributed by atoms with Crippen LogP contribution in [-0.4, -0.2) is 6.71 Å². The van der Waals surface area contributed by atoms with Crippen LogP contribution in [0.2, 0.25) is 0 Å². The first-order valence-corrected chi connectivity index (χ1v) is 19.0. The van der Waals surface area contributed by atoms with E-state index in [1.165, 1.54) is 60.5 Å². The Bertz CT molecular complexity index is 2840. The highest BCUT2D eigenvalue weighted by Gasteiger charge is 2.41. The number of fused-ring (bicyclic) bond motifs is 6. The van der Waals surface area contributed by atoms with Crippen molar-refractivity contribution in [1.29, 1.82) is 0 Å². The van der Waals surface area contributed by atoms with Crippen molar-refractivity contribution in [3.05, 3.63) is 187 Å². The van der Waals surface area contributed by atoms with Gasteiger partial charge >= 0.3 is 0 Å². The van der Waals surface area contributed by atoms with Crippen LogP contribution in [0.15, 0.2) is 176 Å². The van der Waals surface area contributed by atoms with Crippen LogP contribution in [0.5, 0.6) is 23.0 Å². The number of rotatable bonds is 4. The molecule has 0 bridgehead atoms. The molecule has 2 aliphatic heterocycles. The fourth-order valence-electron chi connectivity index (χ4n) is 9.12. The molecular weight excluding hydrogens is 667 g/mol. The molecule has 0 saturated heterocycles. The normalized spacial score (nSPS) is 12.4. The standard InChI is InChI=1S/C52H35BO2/c1-32-14-6-8-18-38(32)35-24-26-44-46(28-35)54-48-30-37(31-49-52(48)53(44)45-27-25-36(29-47(45)55-49)39-19-9-7-15-33(39)2)51-42-22-12-10-20-40(42)50(34-16-4-3-5-17-34)41-21-11-13-23-43(41)51/h3-31H,1-2H3. The van der Waals surface area contributed by atoms with Gasteiger partial charge in [-0.1, -0.05) is 152 Å². The van der Waals surface area contributed by atoms with E-state index in [1.807, 2.05) is 0 Å². The van der Waals surface area contributed by atoms with Gasteiger partial charge in [-0.15, -0.1) is 0 Å². The number of aryl methyl sites for hydroxylation is 2. The van der Waals surface area contributed by atoms with Gasteiger partial charge in [0.05, 0.1) is 0 Å². The van der Waals surface area contributed by atoms with E-state index in [9.17, 15) is 0 Å². The summed E-state index contributed by atoms with van der Waals surface area (Å²) in [5, 5.41) is 4.82. The average Bonchev–Trinajstić information content (AvgIpc) is 3.22. The Balaban J connectivity index is 1.17. The number of benzene rings is 9. The molecule has 0 aliphatic carbocycles.